The van der Waals surface area contributed by atoms with Gasteiger partial charge in [0.05, 0.1) is 19.9 Å². The number of anilines is 1. The third-order valence-electron chi connectivity index (χ3n) is 5.27. The van der Waals surface area contributed by atoms with Gasteiger partial charge in [-0.15, -0.1) is 0 Å². The number of carbonyl (C=O) groups excluding carboxylic acids is 1. The number of amides is 1. The van der Waals surface area contributed by atoms with Gasteiger partial charge in [-0.3, -0.25) is 9.69 Å². The topological polar surface area (TPSA) is 54.0 Å². The minimum absolute atomic E-state index is 0.0187. The second kappa shape index (κ2) is 11.4. The molecule has 30 heavy (non-hydrogen) atoms. The predicted octanol–water partition coefficient (Wildman–Crippen LogP) is 3.36. The minimum Gasteiger partial charge on any atom is -0.497 e. The smallest absolute Gasteiger partial charge is 0.225 e. The molecule has 6 heteroatoms. The molecule has 1 fully saturated rings. The van der Waals surface area contributed by atoms with Crippen LogP contribution >= 0.6 is 0 Å². The number of hydrogen-bond acceptors (Lipinski definition) is 5. The van der Waals surface area contributed by atoms with Crippen LogP contribution in [0.2, 0.25) is 0 Å². The molecule has 2 aromatic carbocycles. The van der Waals surface area contributed by atoms with Gasteiger partial charge in [0, 0.05) is 51.8 Å². The van der Waals surface area contributed by atoms with Gasteiger partial charge in [-0.2, -0.15) is 0 Å². The molecule has 0 bridgehead atoms. The molecular formula is C24H31N3O3. The third kappa shape index (κ3) is 6.61. The Hall–Kier alpha value is -2.83. The molecule has 1 heterocycles. The zero-order chi connectivity index (χ0) is 21.2. The fourth-order valence-electron chi connectivity index (χ4n) is 3.48. The molecule has 0 spiro atoms. The van der Waals surface area contributed by atoms with Crippen molar-refractivity contribution in [2.75, 3.05) is 58.8 Å². The number of ether oxygens (including phenoxy) is 2. The molecule has 0 saturated carbocycles. The quantitative estimate of drug-likeness (QED) is 0.688. The maximum atomic E-state index is 12.4. The van der Waals surface area contributed by atoms with E-state index in [-0.39, 0.29) is 5.91 Å². The van der Waals surface area contributed by atoms with Crippen molar-refractivity contribution < 1.29 is 14.3 Å². The molecule has 0 radical (unpaired) electrons. The minimum atomic E-state index is -0.0187. The van der Waals surface area contributed by atoms with Gasteiger partial charge in [0.15, 0.2) is 0 Å². The number of hydrogen-bond donors (Lipinski definition) is 1. The summed E-state index contributed by atoms with van der Waals surface area (Å²) in [6.45, 7) is 5.71. The van der Waals surface area contributed by atoms with Crippen molar-refractivity contribution >= 4 is 17.7 Å². The van der Waals surface area contributed by atoms with Gasteiger partial charge in [0.1, 0.15) is 11.5 Å². The van der Waals surface area contributed by atoms with E-state index in [4.69, 9.17) is 9.47 Å². The molecule has 2 aromatic rings. The van der Waals surface area contributed by atoms with Crippen LogP contribution < -0.4 is 14.8 Å². The van der Waals surface area contributed by atoms with E-state index in [9.17, 15) is 4.79 Å². The van der Waals surface area contributed by atoms with Gasteiger partial charge in [-0.1, -0.05) is 42.5 Å². The molecule has 1 N–H and O–H groups in total. The maximum Gasteiger partial charge on any atom is 0.225 e. The average Bonchev–Trinajstić information content (AvgIpc) is 2.79. The standard InChI is InChI=1S/C24H31N3O3/c1-29-21-10-11-23(30-2)22(19-21)25-24(28)12-14-27-17-15-26(16-18-27)13-6-9-20-7-4-3-5-8-20/h3-11,19H,12-18H2,1-2H3,(H,25,28)/b9-6-. The fourth-order valence-corrected chi connectivity index (χ4v) is 3.48. The highest BCUT2D eigenvalue weighted by Crippen LogP contribution is 2.28. The van der Waals surface area contributed by atoms with Gasteiger partial charge < -0.3 is 19.7 Å². The van der Waals surface area contributed by atoms with Crippen molar-refractivity contribution in [2.24, 2.45) is 0 Å². The van der Waals surface area contributed by atoms with Gasteiger partial charge in [-0.05, 0) is 17.7 Å². The molecule has 1 aliphatic heterocycles. The van der Waals surface area contributed by atoms with Crippen LogP contribution in [0, 0.1) is 0 Å². The summed E-state index contributed by atoms with van der Waals surface area (Å²) in [6.07, 6.45) is 4.85. The Morgan fingerprint density at radius 1 is 1.00 bits per heavy atom. The predicted molar refractivity (Wildman–Crippen MR) is 121 cm³/mol. The summed E-state index contributed by atoms with van der Waals surface area (Å²) < 4.78 is 10.6. The monoisotopic (exact) mass is 409 g/mol. The zero-order valence-corrected chi connectivity index (χ0v) is 17.8. The number of nitrogens with zero attached hydrogens (tertiary/aromatic N) is 2. The van der Waals surface area contributed by atoms with E-state index in [1.54, 1.807) is 26.4 Å². The maximum absolute atomic E-state index is 12.4. The van der Waals surface area contributed by atoms with Crippen molar-refractivity contribution in [3.8, 4) is 11.5 Å². The van der Waals surface area contributed by atoms with E-state index in [2.05, 4.69) is 51.5 Å². The lowest BCUT2D eigenvalue weighted by molar-refractivity contribution is -0.116. The molecule has 1 aliphatic rings. The van der Waals surface area contributed by atoms with Crippen molar-refractivity contribution in [3.63, 3.8) is 0 Å². The lowest BCUT2D eigenvalue weighted by Crippen LogP contribution is -2.46. The van der Waals surface area contributed by atoms with Crippen LogP contribution in [-0.2, 0) is 4.79 Å². The van der Waals surface area contributed by atoms with E-state index in [0.717, 1.165) is 39.3 Å². The van der Waals surface area contributed by atoms with Crippen LogP contribution in [0.15, 0.2) is 54.6 Å². The number of nitrogens with one attached hydrogen (secondary N) is 1. The number of rotatable bonds is 9. The zero-order valence-electron chi connectivity index (χ0n) is 17.8. The summed E-state index contributed by atoms with van der Waals surface area (Å²) in [5, 5.41) is 2.94. The molecule has 1 amide bonds. The molecular weight excluding hydrogens is 378 g/mol. The fraction of sp³-hybridized carbons (Fsp3) is 0.375. The molecule has 0 aliphatic carbocycles. The lowest BCUT2D eigenvalue weighted by atomic mass is 10.2. The molecule has 0 unspecified atom stereocenters. The first-order valence-electron chi connectivity index (χ1n) is 10.4. The third-order valence-corrected chi connectivity index (χ3v) is 5.27. The first-order chi connectivity index (χ1) is 14.7. The molecule has 1 saturated heterocycles. The van der Waals surface area contributed by atoms with Crippen LogP contribution in [0.3, 0.4) is 0 Å². The molecule has 6 nitrogen and oxygen atoms in total. The molecule has 0 atom stereocenters. The lowest BCUT2D eigenvalue weighted by Gasteiger charge is -2.34. The van der Waals surface area contributed by atoms with Crippen LogP contribution in [-0.4, -0.2) is 69.2 Å². The summed E-state index contributed by atoms with van der Waals surface area (Å²) in [5.74, 6) is 1.29. The van der Waals surface area contributed by atoms with Crippen molar-refractivity contribution in [2.45, 2.75) is 6.42 Å². The van der Waals surface area contributed by atoms with Crippen molar-refractivity contribution in [1.82, 2.24) is 9.80 Å². The van der Waals surface area contributed by atoms with Crippen LogP contribution in [0.25, 0.3) is 6.08 Å². The van der Waals surface area contributed by atoms with E-state index in [1.165, 1.54) is 5.56 Å². The number of methoxy groups -OCH3 is 2. The largest absolute Gasteiger partial charge is 0.497 e. The van der Waals surface area contributed by atoms with Crippen LogP contribution in [0.1, 0.15) is 12.0 Å². The van der Waals surface area contributed by atoms with E-state index >= 15 is 0 Å². The van der Waals surface area contributed by atoms with Gasteiger partial charge >= 0.3 is 0 Å². The highest BCUT2D eigenvalue weighted by Gasteiger charge is 2.17. The van der Waals surface area contributed by atoms with Gasteiger partial charge in [0.25, 0.3) is 0 Å². The molecule has 3 rings (SSSR count). The molecule has 160 valence electrons. The Morgan fingerprint density at radius 2 is 1.73 bits per heavy atom. The van der Waals surface area contributed by atoms with Gasteiger partial charge in [0.2, 0.25) is 5.91 Å². The van der Waals surface area contributed by atoms with E-state index < -0.39 is 0 Å². The Labute approximate surface area is 179 Å². The summed E-state index contributed by atoms with van der Waals surface area (Å²) in [7, 11) is 3.19. The number of carbonyl (C=O) groups is 1. The van der Waals surface area contributed by atoms with E-state index in [1.807, 2.05) is 12.1 Å². The second-order valence-electron chi connectivity index (χ2n) is 7.32. The first-order valence-corrected chi connectivity index (χ1v) is 10.4. The Balaban J connectivity index is 1.38. The molecule has 0 aromatic heterocycles. The van der Waals surface area contributed by atoms with Crippen molar-refractivity contribution in [1.29, 1.82) is 0 Å². The summed E-state index contributed by atoms with van der Waals surface area (Å²) in [6, 6.07) is 15.7. The van der Waals surface area contributed by atoms with Crippen LogP contribution in [0.5, 0.6) is 11.5 Å². The first kappa shape index (κ1) is 21.9. The summed E-state index contributed by atoms with van der Waals surface area (Å²) in [4.78, 5) is 17.2. The average molecular weight is 410 g/mol. The van der Waals surface area contributed by atoms with E-state index in [0.29, 0.717) is 23.6 Å². The number of piperazine rings is 1. The Morgan fingerprint density at radius 3 is 2.43 bits per heavy atom. The summed E-state index contributed by atoms with van der Waals surface area (Å²) >= 11 is 0. The highest BCUT2D eigenvalue weighted by atomic mass is 16.5. The van der Waals surface area contributed by atoms with Crippen LogP contribution in [0.4, 0.5) is 5.69 Å². The normalized spacial score (nSPS) is 15.3. The Kier molecular flexibility index (Phi) is 8.30. The Bertz CT molecular complexity index is 831. The number of benzene rings is 2. The summed E-state index contributed by atoms with van der Waals surface area (Å²) in [5.41, 5.74) is 1.87. The second-order valence-corrected chi connectivity index (χ2v) is 7.32. The van der Waals surface area contributed by atoms with Gasteiger partial charge in [-0.25, -0.2) is 0 Å². The SMILES string of the molecule is COc1ccc(OC)c(NC(=O)CCN2CCN(C/C=C\c3ccccc3)CC2)c1. The highest BCUT2D eigenvalue weighted by molar-refractivity contribution is 5.92. The van der Waals surface area contributed by atoms with Crippen molar-refractivity contribution in [3.05, 3.63) is 60.2 Å².